The molecule has 0 spiro atoms. The Morgan fingerprint density at radius 3 is 1.35 bits per heavy atom. The Labute approximate surface area is 285 Å². The van der Waals surface area contributed by atoms with Crippen LogP contribution >= 0.6 is 0 Å². The first-order valence-electron chi connectivity index (χ1n) is 17.1. The van der Waals surface area contributed by atoms with Gasteiger partial charge in [-0.3, -0.25) is 14.6 Å². The zero-order valence-electron chi connectivity index (χ0n) is 28.3. The highest BCUT2D eigenvalue weighted by atomic mass is 16.5. The molecule has 4 aromatic rings. The highest BCUT2D eigenvalue weighted by Gasteiger charge is 2.38. The first kappa shape index (κ1) is 33.7. The normalized spacial score (nSPS) is 17.3. The predicted octanol–water partition coefficient (Wildman–Crippen LogP) is 4.78. The van der Waals surface area contributed by atoms with Crippen LogP contribution in [0, 0.1) is 13.8 Å². The van der Waals surface area contributed by atoms with E-state index in [1.807, 2.05) is 60.9 Å². The summed E-state index contributed by atoms with van der Waals surface area (Å²) in [7, 11) is 0. The molecule has 6 rings (SSSR count). The molecule has 4 heterocycles. The van der Waals surface area contributed by atoms with Gasteiger partial charge in [0.1, 0.15) is 11.6 Å². The van der Waals surface area contributed by atoms with Crippen LogP contribution in [-0.4, -0.2) is 103 Å². The van der Waals surface area contributed by atoms with Crippen molar-refractivity contribution in [3.63, 3.8) is 0 Å². The lowest BCUT2D eigenvalue weighted by Crippen LogP contribution is -2.61. The van der Waals surface area contributed by atoms with Gasteiger partial charge in [-0.15, -0.1) is 0 Å². The van der Waals surface area contributed by atoms with Crippen LogP contribution in [0.15, 0.2) is 97.3 Å². The van der Waals surface area contributed by atoms with Crippen LogP contribution in [0.5, 0.6) is 0 Å². The van der Waals surface area contributed by atoms with Crippen LogP contribution < -0.4 is 9.80 Å². The van der Waals surface area contributed by atoms with Crippen LogP contribution in [0.25, 0.3) is 0 Å². The van der Waals surface area contributed by atoms with Crippen LogP contribution in [0.1, 0.15) is 22.3 Å². The van der Waals surface area contributed by atoms with Crippen molar-refractivity contribution < 1.29 is 14.3 Å². The van der Waals surface area contributed by atoms with Crippen molar-refractivity contribution >= 4 is 17.4 Å². The Hall–Kier alpha value is -4.15. The fraction of sp³-hybridized carbons (Fsp3) is 0.410. The topological polar surface area (TPSA) is 74.3 Å². The molecule has 0 bridgehead atoms. The Morgan fingerprint density at radius 1 is 0.583 bits per heavy atom. The Bertz CT molecular complexity index is 1460. The highest BCUT2D eigenvalue weighted by molar-refractivity contribution is 5.89. The second kappa shape index (κ2) is 16.8. The Balaban J connectivity index is 1.19. The number of anilines is 2. The minimum atomic E-state index is -0.387. The molecule has 2 unspecified atom stereocenters. The molecule has 0 aliphatic carbocycles. The smallest absolute Gasteiger partial charge is 0.171 e. The summed E-state index contributed by atoms with van der Waals surface area (Å²) < 4.78 is 12.6. The van der Waals surface area contributed by atoms with Gasteiger partial charge in [0.05, 0.1) is 38.5 Å². The molecule has 2 fully saturated rings. The minimum absolute atomic E-state index is 0.168. The van der Waals surface area contributed by atoms with Crippen LogP contribution in [0.3, 0.4) is 0 Å². The third-order valence-electron chi connectivity index (χ3n) is 9.50. The number of carbonyl (C=O) groups excluding carboxylic acids is 1. The number of aryl methyl sites for hydroxylation is 2. The zero-order chi connectivity index (χ0) is 33.1. The van der Waals surface area contributed by atoms with Crippen molar-refractivity contribution in [3.8, 4) is 0 Å². The average Bonchev–Trinajstić information content (AvgIpc) is 3.13. The first-order valence-corrected chi connectivity index (χ1v) is 17.1. The summed E-state index contributed by atoms with van der Waals surface area (Å²) in [6.07, 6.45) is 3.71. The summed E-state index contributed by atoms with van der Waals surface area (Å²) in [5.74, 6) is 2.21. The van der Waals surface area contributed by atoms with Gasteiger partial charge in [0, 0.05) is 64.8 Å². The third-order valence-corrected chi connectivity index (χ3v) is 9.50. The maximum absolute atomic E-state index is 14.8. The van der Waals surface area contributed by atoms with E-state index in [1.54, 1.807) is 0 Å². The van der Waals surface area contributed by atoms with E-state index in [0.29, 0.717) is 26.4 Å². The number of nitrogens with zero attached hydrogens (tertiary/aromatic N) is 6. The molecule has 252 valence electrons. The van der Waals surface area contributed by atoms with Gasteiger partial charge in [0.15, 0.2) is 5.78 Å². The first-order chi connectivity index (χ1) is 23.6. The molecule has 2 aliphatic heterocycles. The van der Waals surface area contributed by atoms with Crippen LogP contribution in [0.4, 0.5) is 11.6 Å². The van der Waals surface area contributed by atoms with Crippen molar-refractivity contribution in [2.24, 2.45) is 0 Å². The minimum Gasteiger partial charge on any atom is -0.375 e. The van der Waals surface area contributed by atoms with Crippen molar-refractivity contribution in [2.75, 3.05) is 75.4 Å². The number of ether oxygens (including phenoxy) is 2. The number of hydrogen-bond donors (Lipinski definition) is 0. The predicted molar refractivity (Wildman–Crippen MR) is 190 cm³/mol. The number of hydrogen-bond acceptors (Lipinski definition) is 9. The fourth-order valence-corrected chi connectivity index (χ4v) is 6.79. The van der Waals surface area contributed by atoms with E-state index in [-0.39, 0.29) is 17.9 Å². The van der Waals surface area contributed by atoms with Gasteiger partial charge in [-0.2, -0.15) is 0 Å². The van der Waals surface area contributed by atoms with Crippen molar-refractivity contribution in [1.82, 2.24) is 19.8 Å². The zero-order valence-corrected chi connectivity index (χ0v) is 28.3. The fourth-order valence-electron chi connectivity index (χ4n) is 6.79. The molecule has 0 radical (unpaired) electrons. The lowest BCUT2D eigenvalue weighted by molar-refractivity contribution is -0.135. The van der Waals surface area contributed by atoms with Gasteiger partial charge < -0.3 is 19.3 Å². The molecule has 9 heteroatoms. The van der Waals surface area contributed by atoms with E-state index < -0.39 is 0 Å². The standard InChI is InChI=1S/C39H48N6O3/c1-31-11-9-17-40-38(31)44-23-19-42(20-24-44)35(29-47-27-33-13-5-3-6-14-33)37(46)36(30-48-28-34-15-7-4-8-16-34)43-21-25-45(26-22-43)39-32(2)12-10-18-41-39/h3-18,35-36H,19-30H2,1-2H3. The maximum atomic E-state index is 14.8. The molecule has 2 atom stereocenters. The molecule has 2 aliphatic rings. The SMILES string of the molecule is Cc1cccnc1N1CCN(C(COCc2ccccc2)C(=O)C(COCc2ccccc2)N2CCN(c3ncccc3C)CC2)CC1. The highest BCUT2D eigenvalue weighted by Crippen LogP contribution is 2.23. The molecular weight excluding hydrogens is 600 g/mol. The van der Waals surface area contributed by atoms with Gasteiger partial charge in [0.2, 0.25) is 0 Å². The number of piperazine rings is 2. The molecule has 9 nitrogen and oxygen atoms in total. The van der Waals surface area contributed by atoms with Crippen molar-refractivity contribution in [3.05, 3.63) is 120 Å². The van der Waals surface area contributed by atoms with Gasteiger partial charge in [-0.1, -0.05) is 72.8 Å². The molecule has 2 aromatic carbocycles. The second-order valence-electron chi connectivity index (χ2n) is 12.8. The molecule has 0 saturated carbocycles. The number of ketones is 1. The number of rotatable bonds is 14. The summed E-state index contributed by atoms with van der Waals surface area (Å²) in [5.41, 5.74) is 4.53. The van der Waals surface area contributed by atoms with E-state index >= 15 is 0 Å². The van der Waals surface area contributed by atoms with Gasteiger partial charge >= 0.3 is 0 Å². The monoisotopic (exact) mass is 648 g/mol. The van der Waals surface area contributed by atoms with E-state index in [1.165, 1.54) is 11.1 Å². The lowest BCUT2D eigenvalue weighted by atomic mass is 10.0. The number of pyridine rings is 2. The maximum Gasteiger partial charge on any atom is 0.171 e. The van der Waals surface area contributed by atoms with E-state index in [9.17, 15) is 4.79 Å². The second-order valence-corrected chi connectivity index (χ2v) is 12.8. The largest absolute Gasteiger partial charge is 0.375 e. The molecule has 48 heavy (non-hydrogen) atoms. The summed E-state index contributed by atoms with van der Waals surface area (Å²) in [6.45, 7) is 12.0. The van der Waals surface area contributed by atoms with E-state index in [0.717, 1.165) is 75.1 Å². The van der Waals surface area contributed by atoms with Gasteiger partial charge in [-0.05, 0) is 48.2 Å². The summed E-state index contributed by atoms with van der Waals surface area (Å²) >= 11 is 0. The quantitative estimate of drug-likeness (QED) is 0.192. The van der Waals surface area contributed by atoms with Crippen molar-refractivity contribution in [1.29, 1.82) is 0 Å². The molecule has 2 saturated heterocycles. The molecule has 0 amide bonds. The lowest BCUT2D eigenvalue weighted by Gasteiger charge is -2.43. The van der Waals surface area contributed by atoms with Crippen LogP contribution in [-0.2, 0) is 27.5 Å². The molecule has 2 aromatic heterocycles. The van der Waals surface area contributed by atoms with E-state index in [4.69, 9.17) is 9.47 Å². The summed E-state index contributed by atoms with van der Waals surface area (Å²) in [4.78, 5) is 33.5. The number of carbonyl (C=O) groups is 1. The molecule has 0 N–H and O–H groups in total. The van der Waals surface area contributed by atoms with Crippen molar-refractivity contribution in [2.45, 2.75) is 39.1 Å². The number of aromatic nitrogens is 2. The number of benzene rings is 2. The Kier molecular flexibility index (Phi) is 11.8. The molecular formula is C39H48N6O3. The van der Waals surface area contributed by atoms with Crippen LogP contribution in [0.2, 0.25) is 0 Å². The third kappa shape index (κ3) is 8.65. The summed E-state index contributed by atoms with van der Waals surface area (Å²) in [5, 5.41) is 0. The Morgan fingerprint density at radius 2 is 0.979 bits per heavy atom. The average molecular weight is 649 g/mol. The number of Topliss-reactive ketones (excluding diaryl/α,β-unsaturated/α-hetero) is 1. The summed E-state index contributed by atoms with van der Waals surface area (Å²) in [6, 6.07) is 27.7. The van der Waals surface area contributed by atoms with E-state index in [2.05, 4.69) is 79.8 Å². The van der Waals surface area contributed by atoms with Gasteiger partial charge in [-0.25, -0.2) is 9.97 Å². The van der Waals surface area contributed by atoms with Gasteiger partial charge in [0.25, 0.3) is 0 Å².